The number of aryl methyl sites for hydroxylation is 2. The molecule has 0 radical (unpaired) electrons. The Morgan fingerprint density at radius 2 is 1.94 bits per heavy atom. The first kappa shape index (κ1) is 21.9. The van der Waals surface area contributed by atoms with Gasteiger partial charge in [-0.3, -0.25) is 9.69 Å². The van der Waals surface area contributed by atoms with E-state index in [0.29, 0.717) is 11.8 Å². The van der Waals surface area contributed by atoms with Crippen LogP contribution in [0.25, 0.3) is 11.3 Å². The number of nitrogens with zero attached hydrogens (tertiary/aromatic N) is 4. The molecule has 0 aromatic carbocycles. The Labute approximate surface area is 185 Å². The molecule has 1 aliphatic carbocycles. The molecule has 4 rings (SSSR count). The van der Waals surface area contributed by atoms with E-state index < -0.39 is 0 Å². The Balaban J connectivity index is 1.32. The predicted molar refractivity (Wildman–Crippen MR) is 120 cm³/mol. The Morgan fingerprint density at radius 1 is 1.19 bits per heavy atom. The Kier molecular flexibility index (Phi) is 7.00. The number of likely N-dealkylation sites (tertiary alicyclic amines) is 1. The van der Waals surface area contributed by atoms with Crippen LogP contribution in [0.2, 0.25) is 0 Å². The van der Waals surface area contributed by atoms with Crippen molar-refractivity contribution in [1.82, 2.24) is 25.3 Å². The van der Waals surface area contributed by atoms with Gasteiger partial charge in [0.2, 0.25) is 5.91 Å². The van der Waals surface area contributed by atoms with E-state index in [0.717, 1.165) is 73.9 Å². The quantitative estimate of drug-likeness (QED) is 0.753. The first-order chi connectivity index (χ1) is 15.0. The van der Waals surface area contributed by atoms with Crippen LogP contribution in [0.3, 0.4) is 0 Å². The first-order valence-electron chi connectivity index (χ1n) is 11.8. The minimum Gasteiger partial charge on any atom is -0.356 e. The maximum atomic E-state index is 12.6. The van der Waals surface area contributed by atoms with Gasteiger partial charge < -0.3 is 9.84 Å². The highest BCUT2D eigenvalue weighted by Gasteiger charge is 2.28. The van der Waals surface area contributed by atoms with Crippen LogP contribution in [0.1, 0.15) is 75.0 Å². The number of piperidine rings is 1. The zero-order chi connectivity index (χ0) is 21.8. The lowest BCUT2D eigenvalue weighted by molar-refractivity contribution is -0.126. The van der Waals surface area contributed by atoms with Gasteiger partial charge in [-0.05, 0) is 78.3 Å². The maximum Gasteiger partial charge on any atom is 0.237 e. The molecule has 1 saturated heterocycles. The van der Waals surface area contributed by atoms with Gasteiger partial charge in [-0.15, -0.1) is 0 Å². The molecule has 1 saturated carbocycles. The molecular formula is C24H35N5O2. The van der Waals surface area contributed by atoms with Crippen molar-refractivity contribution in [3.8, 4) is 11.3 Å². The largest absolute Gasteiger partial charge is 0.356 e. The summed E-state index contributed by atoms with van der Waals surface area (Å²) in [4.78, 5) is 24.1. The zero-order valence-electron chi connectivity index (χ0n) is 19.1. The van der Waals surface area contributed by atoms with Crippen LogP contribution in [-0.4, -0.2) is 51.6 Å². The molecule has 1 atom stereocenters. The molecule has 1 unspecified atom stereocenters. The molecule has 0 spiro atoms. The summed E-state index contributed by atoms with van der Waals surface area (Å²) in [6.45, 7) is 8.77. The van der Waals surface area contributed by atoms with Crippen LogP contribution in [0.4, 0.5) is 0 Å². The second-order valence-electron chi connectivity index (χ2n) is 9.28. The monoisotopic (exact) mass is 425 g/mol. The van der Waals surface area contributed by atoms with Gasteiger partial charge in [-0.25, -0.2) is 9.97 Å². The molecule has 7 nitrogen and oxygen atoms in total. The van der Waals surface area contributed by atoms with Gasteiger partial charge in [0.25, 0.3) is 0 Å². The van der Waals surface area contributed by atoms with Gasteiger partial charge in [0.15, 0.2) is 5.76 Å². The summed E-state index contributed by atoms with van der Waals surface area (Å²) in [7, 11) is 0. The molecule has 1 aliphatic heterocycles. The first-order valence-corrected chi connectivity index (χ1v) is 11.8. The van der Waals surface area contributed by atoms with Gasteiger partial charge >= 0.3 is 0 Å². The highest BCUT2D eigenvalue weighted by molar-refractivity contribution is 5.81. The van der Waals surface area contributed by atoms with Crippen LogP contribution in [0.5, 0.6) is 0 Å². The average molecular weight is 426 g/mol. The molecule has 0 bridgehead atoms. The number of hydrogen-bond acceptors (Lipinski definition) is 6. The third kappa shape index (κ3) is 5.32. The summed E-state index contributed by atoms with van der Waals surface area (Å²) in [5.74, 6) is 2.64. The van der Waals surface area contributed by atoms with Crippen molar-refractivity contribution in [2.45, 2.75) is 77.7 Å². The van der Waals surface area contributed by atoms with Crippen LogP contribution < -0.4 is 5.32 Å². The number of amides is 1. The minimum atomic E-state index is -0.0199. The molecule has 2 aliphatic rings. The molecule has 3 heterocycles. The molecule has 168 valence electrons. The predicted octanol–water partition coefficient (Wildman–Crippen LogP) is 4.01. The lowest BCUT2D eigenvalue weighted by Crippen LogP contribution is -2.48. The van der Waals surface area contributed by atoms with Crippen LogP contribution in [-0.2, 0) is 4.79 Å². The Bertz CT molecular complexity index is 882. The summed E-state index contributed by atoms with van der Waals surface area (Å²) in [5.41, 5.74) is 2.89. The molecule has 2 aromatic heterocycles. The fourth-order valence-electron chi connectivity index (χ4n) is 4.98. The van der Waals surface area contributed by atoms with Crippen molar-refractivity contribution in [2.75, 3.05) is 19.6 Å². The van der Waals surface area contributed by atoms with Crippen molar-refractivity contribution >= 4 is 5.91 Å². The second kappa shape index (κ2) is 9.90. The van der Waals surface area contributed by atoms with Crippen molar-refractivity contribution in [3.63, 3.8) is 0 Å². The third-order valence-corrected chi connectivity index (χ3v) is 6.95. The lowest BCUT2D eigenvalue weighted by atomic mass is 9.79. The van der Waals surface area contributed by atoms with E-state index in [1.165, 1.54) is 19.3 Å². The molecule has 7 heteroatoms. The number of rotatable bonds is 6. The van der Waals surface area contributed by atoms with Crippen molar-refractivity contribution in [1.29, 1.82) is 0 Å². The summed E-state index contributed by atoms with van der Waals surface area (Å²) >= 11 is 0. The van der Waals surface area contributed by atoms with Crippen LogP contribution in [0.15, 0.2) is 16.8 Å². The smallest absolute Gasteiger partial charge is 0.237 e. The van der Waals surface area contributed by atoms with E-state index in [-0.39, 0.29) is 11.9 Å². The van der Waals surface area contributed by atoms with E-state index in [1.54, 1.807) is 0 Å². The maximum absolute atomic E-state index is 12.6. The Morgan fingerprint density at radius 3 is 2.61 bits per heavy atom. The van der Waals surface area contributed by atoms with Gasteiger partial charge in [0.05, 0.1) is 23.0 Å². The van der Waals surface area contributed by atoms with Gasteiger partial charge in [-0.1, -0.05) is 11.6 Å². The van der Waals surface area contributed by atoms with Gasteiger partial charge in [-0.2, -0.15) is 0 Å². The van der Waals surface area contributed by atoms with E-state index >= 15 is 0 Å². The van der Waals surface area contributed by atoms with Crippen molar-refractivity contribution in [2.24, 2.45) is 5.92 Å². The average Bonchev–Trinajstić information content (AvgIpc) is 3.24. The van der Waals surface area contributed by atoms with E-state index in [9.17, 15) is 4.79 Å². The molecular weight excluding hydrogens is 390 g/mol. The van der Waals surface area contributed by atoms with E-state index in [2.05, 4.69) is 20.4 Å². The van der Waals surface area contributed by atoms with E-state index in [1.807, 2.05) is 33.0 Å². The number of nitrogens with one attached hydrogen (secondary N) is 1. The number of carbonyl (C=O) groups is 1. The number of hydrogen-bond donors (Lipinski definition) is 1. The normalized spacial score (nSPS) is 23.5. The SMILES string of the molecule is Cc1cc(-c2cnc(C)nc2C2CCC(CNC(=O)C(C)N3CCCCC3)CC2)on1. The van der Waals surface area contributed by atoms with Crippen LogP contribution in [0, 0.1) is 19.8 Å². The highest BCUT2D eigenvalue weighted by Crippen LogP contribution is 2.38. The fourth-order valence-corrected chi connectivity index (χ4v) is 4.98. The molecule has 2 fully saturated rings. The van der Waals surface area contributed by atoms with E-state index in [4.69, 9.17) is 9.51 Å². The molecule has 2 aromatic rings. The standard InChI is InChI=1S/C24H35N5O2/c1-16-13-22(31-28-16)21-15-25-18(3)27-23(21)20-9-7-19(8-10-20)14-26-24(30)17(2)29-11-5-4-6-12-29/h13,15,17,19-20H,4-12,14H2,1-3H3,(H,26,30). The fraction of sp³-hybridized carbons (Fsp3) is 0.667. The lowest BCUT2D eigenvalue weighted by Gasteiger charge is -2.32. The second-order valence-corrected chi connectivity index (χ2v) is 9.28. The molecule has 1 amide bonds. The number of carbonyl (C=O) groups excluding carboxylic acids is 1. The summed E-state index contributed by atoms with van der Waals surface area (Å²) in [6, 6.07) is 1.93. The summed E-state index contributed by atoms with van der Waals surface area (Å²) in [5, 5.41) is 7.25. The number of aromatic nitrogens is 3. The van der Waals surface area contributed by atoms with Gasteiger partial charge in [0.1, 0.15) is 5.82 Å². The summed E-state index contributed by atoms with van der Waals surface area (Å²) in [6.07, 6.45) is 9.91. The molecule has 1 N–H and O–H groups in total. The van der Waals surface area contributed by atoms with Gasteiger partial charge in [0, 0.05) is 24.7 Å². The molecule has 31 heavy (non-hydrogen) atoms. The zero-order valence-corrected chi connectivity index (χ0v) is 19.1. The van der Waals surface area contributed by atoms with Crippen molar-refractivity contribution in [3.05, 3.63) is 29.5 Å². The summed E-state index contributed by atoms with van der Waals surface area (Å²) < 4.78 is 5.50. The topological polar surface area (TPSA) is 84.2 Å². The highest BCUT2D eigenvalue weighted by atomic mass is 16.5. The minimum absolute atomic E-state index is 0.0199. The Hall–Kier alpha value is -2.28. The third-order valence-electron chi connectivity index (χ3n) is 6.95. The van der Waals surface area contributed by atoms with Crippen molar-refractivity contribution < 1.29 is 9.32 Å². The van der Waals surface area contributed by atoms with Crippen LogP contribution >= 0.6 is 0 Å².